The van der Waals surface area contributed by atoms with Crippen LogP contribution in [0.2, 0.25) is 5.02 Å². The summed E-state index contributed by atoms with van der Waals surface area (Å²) in [6, 6.07) is 9.87. The van der Waals surface area contributed by atoms with Crippen LogP contribution in [-0.4, -0.2) is 42.6 Å². The Kier molecular flexibility index (Phi) is 5.57. The SMILES string of the molecule is CN/C=C(\C=N)c1cnc2ccc(Sc3nnc4ccc(-c5cnn(C)c5)cn34)cc2c1Cl. The number of pyridine rings is 2. The number of fused-ring (bicyclic) bond motifs is 2. The zero-order valence-electron chi connectivity index (χ0n) is 17.8. The number of hydrogen-bond donors (Lipinski definition) is 2. The highest BCUT2D eigenvalue weighted by atomic mass is 35.5. The van der Waals surface area contributed by atoms with Gasteiger partial charge in [0.2, 0.25) is 0 Å². The monoisotopic (exact) mass is 474 g/mol. The second kappa shape index (κ2) is 8.68. The molecule has 0 atom stereocenters. The predicted octanol–water partition coefficient (Wildman–Crippen LogP) is 4.69. The molecule has 0 aliphatic carbocycles. The Morgan fingerprint density at radius 2 is 2.00 bits per heavy atom. The van der Waals surface area contributed by atoms with E-state index in [2.05, 4.69) is 25.6 Å². The van der Waals surface area contributed by atoms with Gasteiger partial charge in [-0.3, -0.25) is 14.1 Å². The summed E-state index contributed by atoms with van der Waals surface area (Å²) in [4.78, 5) is 5.48. The summed E-state index contributed by atoms with van der Waals surface area (Å²) in [5.74, 6) is 0. The van der Waals surface area contributed by atoms with Gasteiger partial charge in [-0.2, -0.15) is 5.10 Å². The van der Waals surface area contributed by atoms with Crippen molar-refractivity contribution < 1.29 is 0 Å². The Hall–Kier alpha value is -3.69. The minimum absolute atomic E-state index is 0.553. The predicted molar refractivity (Wildman–Crippen MR) is 132 cm³/mol. The lowest BCUT2D eigenvalue weighted by Crippen LogP contribution is -1.98. The lowest BCUT2D eigenvalue weighted by Gasteiger charge is -2.09. The van der Waals surface area contributed by atoms with Crippen LogP contribution in [0.5, 0.6) is 0 Å². The molecule has 10 heteroatoms. The molecule has 164 valence electrons. The molecule has 0 amide bonds. The van der Waals surface area contributed by atoms with E-state index < -0.39 is 0 Å². The highest BCUT2D eigenvalue weighted by Crippen LogP contribution is 2.34. The molecular formula is C23H19ClN8S. The van der Waals surface area contributed by atoms with E-state index in [9.17, 15) is 0 Å². The Bertz CT molecular complexity index is 1530. The van der Waals surface area contributed by atoms with E-state index >= 15 is 0 Å². The smallest absolute Gasteiger partial charge is 0.200 e. The summed E-state index contributed by atoms with van der Waals surface area (Å²) in [7, 11) is 3.68. The molecule has 4 aromatic heterocycles. The van der Waals surface area contributed by atoms with Crippen LogP contribution in [0.1, 0.15) is 5.56 Å². The van der Waals surface area contributed by atoms with Gasteiger partial charge < -0.3 is 10.7 Å². The Morgan fingerprint density at radius 1 is 1.12 bits per heavy atom. The number of halogens is 1. The number of aryl methyl sites for hydroxylation is 1. The van der Waals surface area contributed by atoms with Crippen LogP contribution >= 0.6 is 23.4 Å². The molecule has 0 aliphatic heterocycles. The van der Waals surface area contributed by atoms with Crippen LogP contribution in [0.3, 0.4) is 0 Å². The van der Waals surface area contributed by atoms with Gasteiger partial charge in [-0.05, 0) is 42.1 Å². The quantitative estimate of drug-likeness (QED) is 0.346. The van der Waals surface area contributed by atoms with Crippen LogP contribution < -0.4 is 5.32 Å². The lowest BCUT2D eigenvalue weighted by atomic mass is 10.1. The molecule has 0 bridgehead atoms. The number of allylic oxidation sites excluding steroid dienone is 1. The zero-order valence-corrected chi connectivity index (χ0v) is 19.4. The van der Waals surface area contributed by atoms with Crippen molar-refractivity contribution in [1.29, 1.82) is 5.41 Å². The first-order valence-corrected chi connectivity index (χ1v) is 11.2. The van der Waals surface area contributed by atoms with Gasteiger partial charge >= 0.3 is 0 Å². The van der Waals surface area contributed by atoms with Crippen molar-refractivity contribution in [3.8, 4) is 11.1 Å². The van der Waals surface area contributed by atoms with Gasteiger partial charge in [0, 0.05) is 77.6 Å². The van der Waals surface area contributed by atoms with Crippen molar-refractivity contribution in [1.82, 2.24) is 34.7 Å². The molecule has 0 fully saturated rings. The normalized spacial score (nSPS) is 11.9. The van der Waals surface area contributed by atoms with Crippen molar-refractivity contribution in [2.75, 3.05) is 7.05 Å². The van der Waals surface area contributed by atoms with Crippen molar-refractivity contribution in [3.05, 3.63) is 71.9 Å². The minimum Gasteiger partial charge on any atom is -0.393 e. The largest absolute Gasteiger partial charge is 0.393 e. The Morgan fingerprint density at radius 3 is 2.76 bits per heavy atom. The molecule has 2 N–H and O–H groups in total. The van der Waals surface area contributed by atoms with E-state index in [4.69, 9.17) is 17.0 Å². The summed E-state index contributed by atoms with van der Waals surface area (Å²) in [6.45, 7) is 0. The van der Waals surface area contributed by atoms with Crippen molar-refractivity contribution >= 4 is 51.7 Å². The molecule has 8 nitrogen and oxygen atoms in total. The van der Waals surface area contributed by atoms with Crippen LogP contribution in [0.25, 0.3) is 33.3 Å². The van der Waals surface area contributed by atoms with Gasteiger partial charge in [-0.25, -0.2) is 0 Å². The second-order valence-corrected chi connectivity index (χ2v) is 8.75. The van der Waals surface area contributed by atoms with E-state index in [1.165, 1.54) is 18.0 Å². The average Bonchev–Trinajstić information content (AvgIpc) is 3.44. The molecule has 1 aromatic carbocycles. The number of hydrogen-bond acceptors (Lipinski definition) is 7. The van der Waals surface area contributed by atoms with E-state index in [1.807, 2.05) is 60.4 Å². The number of rotatable bonds is 6. The van der Waals surface area contributed by atoms with E-state index in [0.717, 1.165) is 37.7 Å². The summed E-state index contributed by atoms with van der Waals surface area (Å²) in [5, 5.41) is 25.7. The number of benzene rings is 1. The first-order valence-electron chi connectivity index (χ1n) is 10.1. The first-order chi connectivity index (χ1) is 16.1. The lowest BCUT2D eigenvalue weighted by molar-refractivity contribution is 0.768. The minimum atomic E-state index is 0.553. The molecule has 0 radical (unpaired) electrons. The third kappa shape index (κ3) is 3.96. The Labute approximate surface area is 198 Å². The van der Waals surface area contributed by atoms with Crippen LogP contribution in [-0.2, 0) is 7.05 Å². The Balaban J connectivity index is 1.54. The van der Waals surface area contributed by atoms with E-state index in [0.29, 0.717) is 16.2 Å². The van der Waals surface area contributed by atoms with Crippen molar-refractivity contribution in [2.24, 2.45) is 7.05 Å². The molecule has 0 spiro atoms. The van der Waals surface area contributed by atoms with Gasteiger partial charge in [0.1, 0.15) is 0 Å². The molecule has 0 aliphatic rings. The highest BCUT2D eigenvalue weighted by Gasteiger charge is 2.13. The van der Waals surface area contributed by atoms with Gasteiger partial charge in [0.25, 0.3) is 0 Å². The molecule has 0 saturated heterocycles. The van der Waals surface area contributed by atoms with Crippen molar-refractivity contribution in [2.45, 2.75) is 10.1 Å². The summed E-state index contributed by atoms with van der Waals surface area (Å²) in [5.41, 5.74) is 4.96. The molecular weight excluding hydrogens is 456 g/mol. The molecule has 4 heterocycles. The topological polar surface area (TPSA) is 96.8 Å². The number of nitrogens with one attached hydrogen (secondary N) is 2. The van der Waals surface area contributed by atoms with Gasteiger partial charge in [0.05, 0.1) is 16.7 Å². The molecule has 5 rings (SSSR count). The molecule has 0 unspecified atom stereocenters. The third-order valence-corrected chi connectivity index (χ3v) is 6.52. The fraction of sp³-hybridized carbons (Fsp3) is 0.0870. The maximum atomic E-state index is 7.69. The third-order valence-electron chi connectivity index (χ3n) is 5.16. The standard InChI is InChI=1S/C23H19ClN8S/c1-26-9-15(8-25)19-11-27-20-5-4-17(7-18(20)22(19)24)33-23-30-29-21-6-3-14(13-32(21)23)16-10-28-31(2)12-16/h3-13,25-26H,1-2H3/b15-9+,25-8?. The van der Waals surface area contributed by atoms with Crippen LogP contribution in [0, 0.1) is 5.41 Å². The zero-order chi connectivity index (χ0) is 22.9. The van der Waals surface area contributed by atoms with E-state index in [-0.39, 0.29) is 0 Å². The second-order valence-electron chi connectivity index (χ2n) is 7.33. The molecule has 33 heavy (non-hydrogen) atoms. The first kappa shape index (κ1) is 21.2. The van der Waals surface area contributed by atoms with Crippen LogP contribution in [0.15, 0.2) is 71.4 Å². The maximum Gasteiger partial charge on any atom is 0.200 e. The maximum absolute atomic E-state index is 7.69. The highest BCUT2D eigenvalue weighted by molar-refractivity contribution is 7.99. The number of nitrogens with zero attached hydrogens (tertiary/aromatic N) is 6. The van der Waals surface area contributed by atoms with Gasteiger partial charge in [0.15, 0.2) is 10.8 Å². The number of aromatic nitrogens is 6. The van der Waals surface area contributed by atoms with Gasteiger partial charge in [-0.1, -0.05) is 11.6 Å². The fourth-order valence-electron chi connectivity index (χ4n) is 3.54. The van der Waals surface area contributed by atoms with E-state index in [1.54, 1.807) is 24.1 Å². The van der Waals surface area contributed by atoms with Crippen LogP contribution in [0.4, 0.5) is 0 Å². The summed E-state index contributed by atoms with van der Waals surface area (Å²) < 4.78 is 3.74. The fourth-order valence-corrected chi connectivity index (χ4v) is 4.70. The molecule has 0 saturated carbocycles. The molecule has 5 aromatic rings. The summed E-state index contributed by atoms with van der Waals surface area (Å²) >= 11 is 8.23. The average molecular weight is 475 g/mol. The summed E-state index contributed by atoms with van der Waals surface area (Å²) in [6.07, 6.45) is 10.5. The van der Waals surface area contributed by atoms with Gasteiger partial charge in [-0.15, -0.1) is 10.2 Å². The van der Waals surface area contributed by atoms with Crippen molar-refractivity contribution in [3.63, 3.8) is 0 Å².